The summed E-state index contributed by atoms with van der Waals surface area (Å²) in [5.41, 5.74) is 0. The molecule has 0 saturated heterocycles. The Morgan fingerprint density at radius 3 is 2.71 bits per heavy atom. The van der Waals surface area contributed by atoms with Gasteiger partial charge >= 0.3 is 6.18 Å². The lowest BCUT2D eigenvalue weighted by Crippen LogP contribution is -2.18. The van der Waals surface area contributed by atoms with Gasteiger partial charge in [0.25, 0.3) is 0 Å². The minimum atomic E-state index is -4.26. The Labute approximate surface area is 78.7 Å². The number of aromatic nitrogens is 3. The zero-order chi connectivity index (χ0) is 10.6. The minimum absolute atomic E-state index is 0.00789. The molecule has 0 unspecified atom stereocenters. The second kappa shape index (κ2) is 4.41. The fraction of sp³-hybridized carbons (Fsp3) is 0.714. The molecule has 0 aromatic carbocycles. The third kappa shape index (κ3) is 3.73. The quantitative estimate of drug-likeness (QED) is 0.693. The molecule has 0 bridgehead atoms. The predicted molar refractivity (Wildman–Crippen MR) is 41.6 cm³/mol. The molecule has 80 valence electrons. The average molecular weight is 209 g/mol. The van der Waals surface area contributed by atoms with Crippen LogP contribution >= 0.6 is 0 Å². The van der Waals surface area contributed by atoms with Gasteiger partial charge in [-0.05, 0) is 0 Å². The SMILES string of the molecule is Cn1cnnc1CCOCC(F)(F)F. The first kappa shape index (κ1) is 11.0. The van der Waals surface area contributed by atoms with E-state index in [1.165, 1.54) is 6.33 Å². The topological polar surface area (TPSA) is 39.9 Å². The van der Waals surface area contributed by atoms with E-state index < -0.39 is 12.8 Å². The smallest absolute Gasteiger partial charge is 0.372 e. The summed E-state index contributed by atoms with van der Waals surface area (Å²) < 4.78 is 41.0. The molecule has 0 aliphatic rings. The summed E-state index contributed by atoms with van der Waals surface area (Å²) in [5, 5.41) is 7.29. The summed E-state index contributed by atoms with van der Waals surface area (Å²) >= 11 is 0. The lowest BCUT2D eigenvalue weighted by atomic mass is 10.4. The van der Waals surface area contributed by atoms with Gasteiger partial charge in [-0.25, -0.2) is 0 Å². The summed E-state index contributed by atoms with van der Waals surface area (Å²) in [5.74, 6) is 0.604. The van der Waals surface area contributed by atoms with Crippen molar-refractivity contribution in [2.75, 3.05) is 13.2 Å². The van der Waals surface area contributed by atoms with E-state index in [4.69, 9.17) is 0 Å². The van der Waals surface area contributed by atoms with Crippen molar-refractivity contribution in [3.8, 4) is 0 Å². The Kier molecular flexibility index (Phi) is 3.45. The lowest BCUT2D eigenvalue weighted by Gasteiger charge is -2.06. The van der Waals surface area contributed by atoms with Crippen molar-refractivity contribution in [3.05, 3.63) is 12.2 Å². The molecule has 0 aliphatic heterocycles. The van der Waals surface area contributed by atoms with Crippen molar-refractivity contribution < 1.29 is 17.9 Å². The van der Waals surface area contributed by atoms with Crippen molar-refractivity contribution in [3.63, 3.8) is 0 Å². The monoisotopic (exact) mass is 209 g/mol. The van der Waals surface area contributed by atoms with Crippen LogP contribution < -0.4 is 0 Å². The summed E-state index contributed by atoms with van der Waals surface area (Å²) in [6, 6.07) is 0. The van der Waals surface area contributed by atoms with Crippen LogP contribution in [0.1, 0.15) is 5.82 Å². The third-order valence-corrected chi connectivity index (χ3v) is 1.54. The summed E-state index contributed by atoms with van der Waals surface area (Å²) in [7, 11) is 1.72. The van der Waals surface area contributed by atoms with Crippen LogP contribution in [0.15, 0.2) is 6.33 Å². The van der Waals surface area contributed by atoms with Crippen LogP contribution in [-0.2, 0) is 18.2 Å². The van der Waals surface area contributed by atoms with Crippen molar-refractivity contribution in [1.29, 1.82) is 0 Å². The fourth-order valence-corrected chi connectivity index (χ4v) is 0.885. The second-order valence-corrected chi connectivity index (χ2v) is 2.78. The fourth-order valence-electron chi connectivity index (χ4n) is 0.885. The molecule has 0 amide bonds. The number of halogens is 3. The van der Waals surface area contributed by atoms with Gasteiger partial charge in [-0.15, -0.1) is 10.2 Å². The highest BCUT2D eigenvalue weighted by molar-refractivity contribution is 4.83. The van der Waals surface area contributed by atoms with Gasteiger partial charge in [-0.1, -0.05) is 0 Å². The van der Waals surface area contributed by atoms with Crippen LogP contribution in [0.5, 0.6) is 0 Å². The Morgan fingerprint density at radius 2 is 2.21 bits per heavy atom. The molecule has 7 heteroatoms. The Hall–Kier alpha value is -1.11. The van der Waals surface area contributed by atoms with Gasteiger partial charge < -0.3 is 9.30 Å². The Bertz CT molecular complexity index is 284. The third-order valence-electron chi connectivity index (χ3n) is 1.54. The highest BCUT2D eigenvalue weighted by atomic mass is 19.4. The highest BCUT2D eigenvalue weighted by Gasteiger charge is 2.27. The maximum absolute atomic E-state index is 11.6. The average Bonchev–Trinajstić information content (AvgIpc) is 2.44. The Balaban J connectivity index is 2.20. The zero-order valence-electron chi connectivity index (χ0n) is 7.58. The van der Waals surface area contributed by atoms with Crippen LogP contribution in [0.3, 0.4) is 0 Å². The van der Waals surface area contributed by atoms with Gasteiger partial charge in [-0.3, -0.25) is 0 Å². The molecule has 0 fully saturated rings. The molecule has 1 aromatic heterocycles. The molecule has 1 aromatic rings. The van der Waals surface area contributed by atoms with Crippen molar-refractivity contribution in [2.45, 2.75) is 12.6 Å². The molecule has 0 atom stereocenters. The van der Waals surface area contributed by atoms with Gasteiger partial charge in [0.1, 0.15) is 18.8 Å². The van der Waals surface area contributed by atoms with Gasteiger partial charge in [-0.2, -0.15) is 13.2 Å². The first-order chi connectivity index (χ1) is 6.49. The molecule has 1 rings (SSSR count). The van der Waals surface area contributed by atoms with Gasteiger partial charge in [0, 0.05) is 13.5 Å². The molecular formula is C7H10F3N3O. The Morgan fingerprint density at radius 1 is 1.50 bits per heavy atom. The van der Waals surface area contributed by atoms with Crippen LogP contribution in [0.4, 0.5) is 13.2 Å². The van der Waals surface area contributed by atoms with E-state index in [9.17, 15) is 13.2 Å². The summed E-state index contributed by atoms with van der Waals surface area (Å²) in [6.45, 7) is -1.23. The van der Waals surface area contributed by atoms with Crippen molar-refractivity contribution in [1.82, 2.24) is 14.8 Å². The van der Waals surface area contributed by atoms with E-state index in [1.54, 1.807) is 11.6 Å². The second-order valence-electron chi connectivity index (χ2n) is 2.78. The van der Waals surface area contributed by atoms with E-state index >= 15 is 0 Å². The molecule has 1 heterocycles. The minimum Gasteiger partial charge on any atom is -0.372 e. The first-order valence-corrected chi connectivity index (χ1v) is 3.96. The maximum Gasteiger partial charge on any atom is 0.411 e. The number of nitrogens with zero attached hydrogens (tertiary/aromatic N) is 3. The number of rotatable bonds is 4. The van der Waals surface area contributed by atoms with Crippen molar-refractivity contribution in [2.24, 2.45) is 7.05 Å². The number of ether oxygens (including phenoxy) is 1. The molecule has 0 spiro atoms. The van der Waals surface area contributed by atoms with E-state index in [1.807, 2.05) is 0 Å². The summed E-state index contributed by atoms with van der Waals surface area (Å²) in [4.78, 5) is 0. The van der Waals surface area contributed by atoms with Crippen LogP contribution in [0.25, 0.3) is 0 Å². The zero-order valence-corrected chi connectivity index (χ0v) is 7.58. The van der Waals surface area contributed by atoms with Gasteiger partial charge in [0.2, 0.25) is 0 Å². The standard InChI is InChI=1S/C7H10F3N3O/c1-13-5-11-12-6(13)2-3-14-4-7(8,9)10/h5H,2-4H2,1H3. The van der Waals surface area contributed by atoms with E-state index in [2.05, 4.69) is 14.9 Å². The molecule has 0 radical (unpaired) electrons. The van der Waals surface area contributed by atoms with Gasteiger partial charge in [0.05, 0.1) is 6.61 Å². The van der Waals surface area contributed by atoms with E-state index in [-0.39, 0.29) is 6.61 Å². The molecule has 4 nitrogen and oxygen atoms in total. The molecule has 0 saturated carbocycles. The number of hydrogen-bond donors (Lipinski definition) is 0. The molecule has 0 N–H and O–H groups in total. The normalized spacial score (nSPS) is 12.0. The van der Waals surface area contributed by atoms with Gasteiger partial charge in [0.15, 0.2) is 0 Å². The van der Waals surface area contributed by atoms with Crippen LogP contribution in [-0.4, -0.2) is 34.2 Å². The molecule has 14 heavy (non-hydrogen) atoms. The van der Waals surface area contributed by atoms with Crippen LogP contribution in [0, 0.1) is 0 Å². The lowest BCUT2D eigenvalue weighted by molar-refractivity contribution is -0.173. The largest absolute Gasteiger partial charge is 0.411 e. The van der Waals surface area contributed by atoms with E-state index in [0.29, 0.717) is 12.2 Å². The number of alkyl halides is 3. The molecule has 0 aliphatic carbocycles. The summed E-state index contributed by atoms with van der Waals surface area (Å²) in [6.07, 6.45) is -2.45. The van der Waals surface area contributed by atoms with Crippen LogP contribution in [0.2, 0.25) is 0 Å². The van der Waals surface area contributed by atoms with Crippen molar-refractivity contribution >= 4 is 0 Å². The van der Waals surface area contributed by atoms with E-state index in [0.717, 1.165) is 0 Å². The number of aryl methyl sites for hydroxylation is 1. The molecular weight excluding hydrogens is 199 g/mol. The maximum atomic E-state index is 11.6. The predicted octanol–water partition coefficient (Wildman–Crippen LogP) is 0.936. The number of hydrogen-bond acceptors (Lipinski definition) is 3. The first-order valence-electron chi connectivity index (χ1n) is 3.96. The highest BCUT2D eigenvalue weighted by Crippen LogP contribution is 2.14.